The first-order valence-electron chi connectivity index (χ1n) is 6.68. The van der Waals surface area contributed by atoms with Crippen molar-refractivity contribution in [1.82, 2.24) is 4.90 Å². The van der Waals surface area contributed by atoms with Gasteiger partial charge < -0.3 is 10.0 Å². The van der Waals surface area contributed by atoms with E-state index in [2.05, 4.69) is 18.4 Å². The lowest BCUT2D eigenvalue weighted by atomic mass is 9.84. The summed E-state index contributed by atoms with van der Waals surface area (Å²) >= 11 is 0. The molecule has 0 aromatic rings. The number of carboxylic acid groups (broad SMARTS) is 1. The van der Waals surface area contributed by atoms with Gasteiger partial charge >= 0.3 is 5.97 Å². The van der Waals surface area contributed by atoms with Crippen molar-refractivity contribution in [3.05, 3.63) is 12.7 Å². The van der Waals surface area contributed by atoms with E-state index in [0.717, 1.165) is 19.5 Å². The fourth-order valence-corrected chi connectivity index (χ4v) is 2.66. The Morgan fingerprint density at radius 1 is 1.65 bits per heavy atom. The second-order valence-corrected chi connectivity index (χ2v) is 5.21. The minimum absolute atomic E-state index is 0.301. The van der Waals surface area contributed by atoms with Crippen molar-refractivity contribution >= 4 is 5.97 Å². The molecule has 2 unspecified atom stereocenters. The first-order chi connectivity index (χ1) is 8.13. The highest BCUT2D eigenvalue weighted by atomic mass is 16.4. The molecule has 3 nitrogen and oxygen atoms in total. The van der Waals surface area contributed by atoms with Crippen molar-refractivity contribution in [3.63, 3.8) is 0 Å². The van der Waals surface area contributed by atoms with E-state index in [-0.39, 0.29) is 0 Å². The van der Waals surface area contributed by atoms with Gasteiger partial charge in [0.15, 0.2) is 0 Å². The third-order valence-corrected chi connectivity index (χ3v) is 3.73. The van der Waals surface area contributed by atoms with Crippen molar-refractivity contribution in [2.45, 2.75) is 39.0 Å². The van der Waals surface area contributed by atoms with Crippen LogP contribution in [0.15, 0.2) is 12.7 Å². The molecule has 0 aliphatic carbocycles. The van der Waals surface area contributed by atoms with Crippen LogP contribution < -0.4 is 0 Å². The molecule has 0 bridgehead atoms. The van der Waals surface area contributed by atoms with Crippen LogP contribution in [0.5, 0.6) is 0 Å². The van der Waals surface area contributed by atoms with Gasteiger partial charge in [-0.05, 0) is 50.6 Å². The van der Waals surface area contributed by atoms with Crippen LogP contribution in [0.25, 0.3) is 0 Å². The average Bonchev–Trinajstić information content (AvgIpc) is 2.29. The van der Waals surface area contributed by atoms with E-state index in [9.17, 15) is 4.79 Å². The van der Waals surface area contributed by atoms with E-state index in [4.69, 9.17) is 5.11 Å². The number of unbranched alkanes of at least 4 members (excludes halogenated alkanes) is 1. The maximum Gasteiger partial charge on any atom is 0.303 e. The van der Waals surface area contributed by atoms with Crippen molar-refractivity contribution in [3.8, 4) is 0 Å². The number of rotatable bonds is 7. The summed E-state index contributed by atoms with van der Waals surface area (Å²) in [7, 11) is 0. The molecule has 1 rings (SSSR count). The van der Waals surface area contributed by atoms with E-state index in [1.165, 1.54) is 25.8 Å². The Kier molecular flexibility index (Phi) is 6.27. The topological polar surface area (TPSA) is 40.5 Å². The second-order valence-electron chi connectivity index (χ2n) is 5.21. The van der Waals surface area contributed by atoms with Gasteiger partial charge in [-0.1, -0.05) is 13.0 Å². The fraction of sp³-hybridized carbons (Fsp3) is 0.786. The summed E-state index contributed by atoms with van der Waals surface area (Å²) in [6.07, 6.45) is 6.92. The van der Waals surface area contributed by atoms with Crippen molar-refractivity contribution in [1.29, 1.82) is 0 Å². The van der Waals surface area contributed by atoms with Crippen LogP contribution in [0, 0.1) is 11.8 Å². The molecular formula is C14H25NO2. The quantitative estimate of drug-likeness (QED) is 0.548. The Balaban J connectivity index is 2.32. The van der Waals surface area contributed by atoms with Gasteiger partial charge in [0.25, 0.3) is 0 Å². The Hall–Kier alpha value is -0.830. The molecule has 1 heterocycles. The molecule has 3 heteroatoms. The lowest BCUT2D eigenvalue weighted by molar-refractivity contribution is -0.138. The Morgan fingerprint density at radius 3 is 3.06 bits per heavy atom. The molecule has 17 heavy (non-hydrogen) atoms. The molecule has 1 aliphatic heterocycles. The highest BCUT2D eigenvalue weighted by Gasteiger charge is 2.25. The van der Waals surface area contributed by atoms with Crippen LogP contribution in [0.3, 0.4) is 0 Å². The van der Waals surface area contributed by atoms with Gasteiger partial charge in [0.2, 0.25) is 0 Å². The molecule has 0 spiro atoms. The number of allylic oxidation sites excluding steroid dienone is 1. The van der Waals surface area contributed by atoms with Crippen molar-refractivity contribution in [2.75, 3.05) is 19.6 Å². The molecule has 0 radical (unpaired) electrons. The van der Waals surface area contributed by atoms with Crippen molar-refractivity contribution in [2.24, 2.45) is 11.8 Å². The number of likely N-dealkylation sites (tertiary alicyclic amines) is 1. The van der Waals surface area contributed by atoms with Crippen LogP contribution in [0.2, 0.25) is 0 Å². The Bertz CT molecular complexity index is 253. The lowest BCUT2D eigenvalue weighted by Gasteiger charge is -2.35. The summed E-state index contributed by atoms with van der Waals surface area (Å²) in [5.41, 5.74) is 0. The highest BCUT2D eigenvalue weighted by molar-refractivity contribution is 5.66. The van der Waals surface area contributed by atoms with E-state index < -0.39 is 5.97 Å². The van der Waals surface area contributed by atoms with Gasteiger partial charge in [0.05, 0.1) is 0 Å². The largest absolute Gasteiger partial charge is 0.481 e. The first kappa shape index (κ1) is 14.2. The highest BCUT2D eigenvalue weighted by Crippen LogP contribution is 2.26. The summed E-state index contributed by atoms with van der Waals surface area (Å²) in [5.74, 6) is 0.194. The van der Waals surface area contributed by atoms with Crippen LogP contribution in [-0.4, -0.2) is 35.6 Å². The molecule has 0 saturated carbocycles. The fourth-order valence-electron chi connectivity index (χ4n) is 2.66. The minimum atomic E-state index is -0.665. The summed E-state index contributed by atoms with van der Waals surface area (Å²) < 4.78 is 0. The number of piperidine rings is 1. The van der Waals surface area contributed by atoms with Crippen molar-refractivity contribution < 1.29 is 9.90 Å². The molecule has 2 atom stereocenters. The average molecular weight is 239 g/mol. The predicted molar refractivity (Wildman–Crippen MR) is 70.0 cm³/mol. The van der Waals surface area contributed by atoms with Crippen LogP contribution in [0.4, 0.5) is 0 Å². The molecule has 0 aromatic heterocycles. The monoisotopic (exact) mass is 239 g/mol. The lowest BCUT2D eigenvalue weighted by Crippen LogP contribution is -2.38. The third kappa shape index (κ3) is 5.35. The van der Waals surface area contributed by atoms with E-state index in [1.807, 2.05) is 6.08 Å². The van der Waals surface area contributed by atoms with Gasteiger partial charge in [0, 0.05) is 13.0 Å². The van der Waals surface area contributed by atoms with Crippen LogP contribution in [-0.2, 0) is 4.79 Å². The third-order valence-electron chi connectivity index (χ3n) is 3.73. The van der Waals surface area contributed by atoms with Crippen LogP contribution >= 0.6 is 0 Å². The zero-order chi connectivity index (χ0) is 12.7. The maximum absolute atomic E-state index is 10.7. The second kappa shape index (κ2) is 7.49. The van der Waals surface area contributed by atoms with E-state index in [1.54, 1.807) is 0 Å². The SMILES string of the molecule is C=CCCCN1CCCC(C(C)CC(=O)O)C1. The van der Waals surface area contributed by atoms with Crippen LogP contribution in [0.1, 0.15) is 39.0 Å². The van der Waals surface area contributed by atoms with E-state index in [0.29, 0.717) is 18.3 Å². The van der Waals surface area contributed by atoms with Gasteiger partial charge in [-0.25, -0.2) is 0 Å². The molecule has 1 aliphatic rings. The number of hydrogen-bond donors (Lipinski definition) is 1. The Morgan fingerprint density at radius 2 is 2.41 bits per heavy atom. The van der Waals surface area contributed by atoms with Gasteiger partial charge in [-0.2, -0.15) is 0 Å². The smallest absolute Gasteiger partial charge is 0.303 e. The summed E-state index contributed by atoms with van der Waals surface area (Å²) in [6, 6.07) is 0. The summed E-state index contributed by atoms with van der Waals surface area (Å²) in [6.45, 7) is 9.19. The maximum atomic E-state index is 10.7. The predicted octanol–water partition coefficient (Wildman–Crippen LogP) is 2.78. The Labute approximate surface area is 105 Å². The number of carbonyl (C=O) groups is 1. The molecule has 0 amide bonds. The van der Waals surface area contributed by atoms with E-state index >= 15 is 0 Å². The zero-order valence-corrected chi connectivity index (χ0v) is 10.9. The minimum Gasteiger partial charge on any atom is -0.481 e. The van der Waals surface area contributed by atoms with Gasteiger partial charge in [-0.15, -0.1) is 6.58 Å². The molecule has 1 N–H and O–H groups in total. The summed E-state index contributed by atoms with van der Waals surface area (Å²) in [4.78, 5) is 13.2. The zero-order valence-electron chi connectivity index (χ0n) is 10.9. The molecular weight excluding hydrogens is 214 g/mol. The summed E-state index contributed by atoms with van der Waals surface area (Å²) in [5, 5.41) is 8.83. The van der Waals surface area contributed by atoms with Gasteiger partial charge in [-0.3, -0.25) is 4.79 Å². The molecule has 98 valence electrons. The molecule has 1 saturated heterocycles. The molecule has 1 fully saturated rings. The normalized spacial score (nSPS) is 23.2. The number of aliphatic carboxylic acids is 1. The number of carboxylic acids is 1. The first-order valence-corrected chi connectivity index (χ1v) is 6.68. The van der Waals surface area contributed by atoms with Gasteiger partial charge in [0.1, 0.15) is 0 Å². The number of hydrogen-bond acceptors (Lipinski definition) is 2. The molecule has 0 aromatic carbocycles. The number of nitrogens with zero attached hydrogens (tertiary/aromatic N) is 1. The standard InChI is InChI=1S/C14H25NO2/c1-3-4-5-8-15-9-6-7-13(11-15)12(2)10-14(16)17/h3,12-13H,1,4-11H2,2H3,(H,16,17).